The fraction of sp³-hybridized carbons (Fsp3) is 0.833. The summed E-state index contributed by atoms with van der Waals surface area (Å²) in [6.45, 7) is 4.07. The summed E-state index contributed by atoms with van der Waals surface area (Å²) in [7, 11) is 0. The van der Waals surface area contributed by atoms with Crippen LogP contribution in [0.15, 0.2) is 12.3 Å². The van der Waals surface area contributed by atoms with Crippen LogP contribution in [0.25, 0.3) is 0 Å². The fourth-order valence-electron chi connectivity index (χ4n) is 2.18. The number of rotatable bonds is 4. The molecule has 15 heavy (non-hydrogen) atoms. The number of hydrogen-bond acceptors (Lipinski definition) is 3. The number of allylic oxidation sites excluding steroid dienone is 1. The van der Waals surface area contributed by atoms with E-state index in [0.29, 0.717) is 18.2 Å². The van der Waals surface area contributed by atoms with Gasteiger partial charge in [-0.05, 0) is 38.7 Å². The van der Waals surface area contributed by atoms with Gasteiger partial charge in [0.1, 0.15) is 6.10 Å². The van der Waals surface area contributed by atoms with Crippen molar-refractivity contribution < 1.29 is 9.47 Å². The third-order valence-electron chi connectivity index (χ3n) is 3.21. The quantitative estimate of drug-likeness (QED) is 0.769. The highest BCUT2D eigenvalue weighted by Crippen LogP contribution is 2.16. The molecule has 0 amide bonds. The highest BCUT2D eigenvalue weighted by molar-refractivity contribution is 4.84. The van der Waals surface area contributed by atoms with Crippen LogP contribution in [0.5, 0.6) is 0 Å². The Bertz CT molecular complexity index is 212. The van der Waals surface area contributed by atoms with Gasteiger partial charge < -0.3 is 14.8 Å². The first-order valence-corrected chi connectivity index (χ1v) is 6.02. The maximum Gasteiger partial charge on any atom is 0.110 e. The summed E-state index contributed by atoms with van der Waals surface area (Å²) in [4.78, 5) is 0. The minimum Gasteiger partial charge on any atom is -0.497 e. The molecular formula is C12H21NO2. The van der Waals surface area contributed by atoms with Gasteiger partial charge in [-0.1, -0.05) is 0 Å². The monoisotopic (exact) mass is 211 g/mol. The van der Waals surface area contributed by atoms with Gasteiger partial charge in [0.2, 0.25) is 0 Å². The Balaban J connectivity index is 1.65. The van der Waals surface area contributed by atoms with Crippen LogP contribution < -0.4 is 5.32 Å². The molecule has 2 aliphatic rings. The zero-order chi connectivity index (χ0) is 10.5. The Morgan fingerprint density at radius 2 is 2.40 bits per heavy atom. The lowest BCUT2D eigenvalue weighted by Gasteiger charge is -2.24. The molecule has 86 valence electrons. The van der Waals surface area contributed by atoms with Crippen molar-refractivity contribution in [1.82, 2.24) is 5.32 Å². The predicted octanol–water partition coefficient (Wildman–Crippen LogP) is 1.84. The lowest BCUT2D eigenvalue weighted by atomic mass is 10.1. The minimum absolute atomic E-state index is 0.346. The van der Waals surface area contributed by atoms with E-state index in [1.54, 1.807) is 0 Å². The standard InChI is InChI=1S/C12H21NO2/c1-10(12-6-4-8-15-12)13-9-11-5-2-3-7-14-11/h3,7,10-13H,2,4-6,8-9H2,1H3. The van der Waals surface area contributed by atoms with Crippen molar-refractivity contribution in [1.29, 1.82) is 0 Å². The van der Waals surface area contributed by atoms with Crippen LogP contribution in [-0.4, -0.2) is 31.4 Å². The van der Waals surface area contributed by atoms with Gasteiger partial charge in [-0.25, -0.2) is 0 Å². The van der Waals surface area contributed by atoms with Crippen molar-refractivity contribution >= 4 is 0 Å². The second-order valence-corrected chi connectivity index (χ2v) is 4.46. The van der Waals surface area contributed by atoms with E-state index in [0.717, 1.165) is 26.0 Å². The summed E-state index contributed by atoms with van der Waals surface area (Å²) in [6.07, 6.45) is 9.33. The van der Waals surface area contributed by atoms with Crippen LogP contribution in [0.2, 0.25) is 0 Å². The van der Waals surface area contributed by atoms with Crippen LogP contribution in [0.4, 0.5) is 0 Å². The molecule has 3 unspecified atom stereocenters. The zero-order valence-corrected chi connectivity index (χ0v) is 9.45. The Morgan fingerprint density at radius 3 is 3.07 bits per heavy atom. The normalized spacial score (nSPS) is 32.6. The molecule has 0 aliphatic carbocycles. The summed E-state index contributed by atoms with van der Waals surface area (Å²) >= 11 is 0. The van der Waals surface area contributed by atoms with E-state index < -0.39 is 0 Å². The molecule has 0 aromatic heterocycles. The van der Waals surface area contributed by atoms with E-state index in [4.69, 9.17) is 9.47 Å². The number of hydrogen-bond donors (Lipinski definition) is 1. The molecule has 1 N–H and O–H groups in total. The van der Waals surface area contributed by atoms with E-state index in [2.05, 4.69) is 18.3 Å². The summed E-state index contributed by atoms with van der Waals surface area (Å²) in [5.41, 5.74) is 0. The molecule has 3 heteroatoms. The summed E-state index contributed by atoms with van der Waals surface area (Å²) in [6, 6.07) is 0.446. The van der Waals surface area contributed by atoms with E-state index in [1.165, 1.54) is 12.8 Å². The summed E-state index contributed by atoms with van der Waals surface area (Å²) in [5.74, 6) is 0. The second kappa shape index (κ2) is 5.52. The van der Waals surface area contributed by atoms with Crippen LogP contribution in [0.3, 0.4) is 0 Å². The van der Waals surface area contributed by atoms with Crippen LogP contribution >= 0.6 is 0 Å². The lowest BCUT2D eigenvalue weighted by molar-refractivity contribution is 0.0708. The molecule has 2 rings (SSSR count). The third-order valence-corrected chi connectivity index (χ3v) is 3.21. The molecule has 1 saturated heterocycles. The van der Waals surface area contributed by atoms with Gasteiger partial charge in [-0.3, -0.25) is 0 Å². The highest BCUT2D eigenvalue weighted by atomic mass is 16.5. The highest BCUT2D eigenvalue weighted by Gasteiger charge is 2.22. The van der Waals surface area contributed by atoms with Crippen LogP contribution in [-0.2, 0) is 9.47 Å². The molecule has 3 atom stereocenters. The first-order chi connectivity index (χ1) is 7.36. The Hall–Kier alpha value is -0.540. The van der Waals surface area contributed by atoms with Crippen LogP contribution in [0, 0.1) is 0 Å². The fourth-order valence-corrected chi connectivity index (χ4v) is 2.18. The van der Waals surface area contributed by atoms with E-state index in [-0.39, 0.29) is 0 Å². The molecule has 0 saturated carbocycles. The zero-order valence-electron chi connectivity index (χ0n) is 9.45. The van der Waals surface area contributed by atoms with Gasteiger partial charge >= 0.3 is 0 Å². The van der Waals surface area contributed by atoms with E-state index in [1.807, 2.05) is 6.26 Å². The van der Waals surface area contributed by atoms with Crippen LogP contribution in [0.1, 0.15) is 32.6 Å². The van der Waals surface area contributed by atoms with Gasteiger partial charge in [0, 0.05) is 19.2 Å². The van der Waals surface area contributed by atoms with Crippen molar-refractivity contribution in [2.75, 3.05) is 13.2 Å². The third kappa shape index (κ3) is 3.21. The average Bonchev–Trinajstić information content (AvgIpc) is 2.81. The largest absolute Gasteiger partial charge is 0.497 e. The van der Waals surface area contributed by atoms with Gasteiger partial charge in [0.05, 0.1) is 12.4 Å². The summed E-state index contributed by atoms with van der Waals surface area (Å²) in [5, 5.41) is 3.51. The Kier molecular flexibility index (Phi) is 4.03. The van der Waals surface area contributed by atoms with Crippen molar-refractivity contribution in [2.45, 2.75) is 50.9 Å². The topological polar surface area (TPSA) is 30.5 Å². The van der Waals surface area contributed by atoms with Crippen molar-refractivity contribution in [2.24, 2.45) is 0 Å². The minimum atomic E-state index is 0.346. The van der Waals surface area contributed by atoms with Crippen molar-refractivity contribution in [3.05, 3.63) is 12.3 Å². The number of nitrogens with one attached hydrogen (secondary N) is 1. The predicted molar refractivity (Wildman–Crippen MR) is 59.7 cm³/mol. The number of ether oxygens (including phenoxy) is 2. The first kappa shape index (κ1) is 11.0. The van der Waals surface area contributed by atoms with Gasteiger partial charge in [-0.15, -0.1) is 0 Å². The van der Waals surface area contributed by atoms with E-state index >= 15 is 0 Å². The SMILES string of the molecule is CC(NCC1CCC=CO1)C1CCCO1. The molecule has 3 nitrogen and oxygen atoms in total. The molecular weight excluding hydrogens is 190 g/mol. The molecule has 0 aromatic rings. The molecule has 0 radical (unpaired) electrons. The van der Waals surface area contributed by atoms with Gasteiger partial charge in [-0.2, -0.15) is 0 Å². The molecule has 0 spiro atoms. The second-order valence-electron chi connectivity index (χ2n) is 4.46. The van der Waals surface area contributed by atoms with Crippen molar-refractivity contribution in [3.8, 4) is 0 Å². The molecule has 0 bridgehead atoms. The molecule has 0 aromatic carbocycles. The molecule has 2 aliphatic heterocycles. The first-order valence-electron chi connectivity index (χ1n) is 6.02. The van der Waals surface area contributed by atoms with Crippen molar-refractivity contribution in [3.63, 3.8) is 0 Å². The summed E-state index contributed by atoms with van der Waals surface area (Å²) < 4.78 is 11.1. The Morgan fingerprint density at radius 1 is 1.47 bits per heavy atom. The maximum absolute atomic E-state index is 5.64. The van der Waals surface area contributed by atoms with E-state index in [9.17, 15) is 0 Å². The average molecular weight is 211 g/mol. The Labute approximate surface area is 91.8 Å². The maximum atomic E-state index is 5.64. The van der Waals surface area contributed by atoms with Gasteiger partial charge in [0.25, 0.3) is 0 Å². The smallest absolute Gasteiger partial charge is 0.110 e. The van der Waals surface area contributed by atoms with Gasteiger partial charge in [0.15, 0.2) is 0 Å². The lowest BCUT2D eigenvalue weighted by Crippen LogP contribution is -2.41. The molecule has 2 heterocycles. The molecule has 1 fully saturated rings.